The number of ether oxygens (including phenoxy) is 2. The molecule has 0 bridgehead atoms. The topological polar surface area (TPSA) is 59.0 Å². The highest BCUT2D eigenvalue weighted by molar-refractivity contribution is 5.88. The Hall–Kier alpha value is -1.59. The highest BCUT2D eigenvalue weighted by Crippen LogP contribution is 2.21. The third kappa shape index (κ3) is 4.54. The molecule has 0 aromatic heterocycles. The molecule has 1 aromatic carbocycles. The fourth-order valence-electron chi connectivity index (χ4n) is 1.90. The predicted molar refractivity (Wildman–Crippen MR) is 74.1 cm³/mol. The third-order valence-electron chi connectivity index (χ3n) is 2.92. The first kappa shape index (κ1) is 15.5. The molecule has 1 aromatic rings. The Morgan fingerprint density at radius 2 is 1.79 bits per heavy atom. The molecule has 0 unspecified atom stereocenters. The zero-order chi connectivity index (χ0) is 14.3. The van der Waals surface area contributed by atoms with Gasteiger partial charge < -0.3 is 19.5 Å². The minimum atomic E-state index is -0.907. The van der Waals surface area contributed by atoms with Crippen molar-refractivity contribution in [1.29, 1.82) is 0 Å². The van der Waals surface area contributed by atoms with Gasteiger partial charge >= 0.3 is 5.97 Å². The van der Waals surface area contributed by atoms with E-state index in [9.17, 15) is 4.79 Å². The quantitative estimate of drug-likeness (QED) is 0.778. The SMILES string of the molecule is COCCN(CCOC)c1ccc(C(=O)O)cc1C. The van der Waals surface area contributed by atoms with E-state index in [0.717, 1.165) is 24.3 Å². The summed E-state index contributed by atoms with van der Waals surface area (Å²) >= 11 is 0. The van der Waals surface area contributed by atoms with Gasteiger partial charge in [0, 0.05) is 33.0 Å². The number of hydrogen-bond acceptors (Lipinski definition) is 4. The van der Waals surface area contributed by atoms with Crippen LogP contribution < -0.4 is 4.90 Å². The van der Waals surface area contributed by atoms with Gasteiger partial charge in [-0.1, -0.05) is 0 Å². The Morgan fingerprint density at radius 3 is 2.21 bits per heavy atom. The number of aromatic carboxylic acids is 1. The number of anilines is 1. The van der Waals surface area contributed by atoms with E-state index in [2.05, 4.69) is 4.90 Å². The number of hydrogen-bond donors (Lipinski definition) is 1. The van der Waals surface area contributed by atoms with Gasteiger partial charge in [0.25, 0.3) is 0 Å². The van der Waals surface area contributed by atoms with Crippen LogP contribution >= 0.6 is 0 Å². The zero-order valence-corrected chi connectivity index (χ0v) is 11.7. The predicted octanol–water partition coefficient (Wildman–Crippen LogP) is 1.79. The van der Waals surface area contributed by atoms with Crippen LogP contribution in [0.25, 0.3) is 0 Å². The summed E-state index contributed by atoms with van der Waals surface area (Å²) in [6.07, 6.45) is 0. The molecule has 1 N–H and O–H groups in total. The minimum absolute atomic E-state index is 0.305. The fourth-order valence-corrected chi connectivity index (χ4v) is 1.90. The van der Waals surface area contributed by atoms with Gasteiger partial charge in [0.1, 0.15) is 0 Å². The Balaban J connectivity index is 2.90. The molecule has 0 aliphatic heterocycles. The maximum absolute atomic E-state index is 10.9. The van der Waals surface area contributed by atoms with Crippen molar-refractivity contribution in [3.63, 3.8) is 0 Å². The summed E-state index contributed by atoms with van der Waals surface area (Å²) in [6.45, 7) is 4.63. The third-order valence-corrected chi connectivity index (χ3v) is 2.92. The molecule has 0 heterocycles. The normalized spacial score (nSPS) is 10.5. The van der Waals surface area contributed by atoms with Gasteiger partial charge in [-0.2, -0.15) is 0 Å². The summed E-state index contributed by atoms with van der Waals surface area (Å²) in [4.78, 5) is 13.1. The number of carbonyl (C=O) groups is 1. The summed E-state index contributed by atoms with van der Waals surface area (Å²) in [5.74, 6) is -0.907. The largest absolute Gasteiger partial charge is 0.478 e. The summed E-state index contributed by atoms with van der Waals surface area (Å²) in [6, 6.07) is 5.14. The fraction of sp³-hybridized carbons (Fsp3) is 0.500. The van der Waals surface area contributed by atoms with Crippen LogP contribution in [-0.4, -0.2) is 51.6 Å². The Labute approximate surface area is 113 Å². The first-order chi connectivity index (χ1) is 9.10. The maximum atomic E-state index is 10.9. The lowest BCUT2D eigenvalue weighted by Crippen LogP contribution is -2.31. The van der Waals surface area contributed by atoms with Crippen molar-refractivity contribution in [1.82, 2.24) is 0 Å². The Morgan fingerprint density at radius 1 is 1.21 bits per heavy atom. The molecule has 106 valence electrons. The van der Waals surface area contributed by atoms with Crippen molar-refractivity contribution < 1.29 is 19.4 Å². The molecule has 0 atom stereocenters. The number of benzene rings is 1. The molecule has 0 saturated heterocycles. The van der Waals surface area contributed by atoms with Crippen molar-refractivity contribution in [3.8, 4) is 0 Å². The first-order valence-corrected chi connectivity index (χ1v) is 6.17. The van der Waals surface area contributed by atoms with E-state index in [0.29, 0.717) is 18.8 Å². The lowest BCUT2D eigenvalue weighted by atomic mass is 10.1. The average Bonchev–Trinajstić information content (AvgIpc) is 2.39. The van der Waals surface area contributed by atoms with Crippen LogP contribution in [-0.2, 0) is 9.47 Å². The number of methoxy groups -OCH3 is 2. The lowest BCUT2D eigenvalue weighted by molar-refractivity contribution is 0.0697. The molecule has 0 aliphatic rings. The van der Waals surface area contributed by atoms with E-state index in [1.807, 2.05) is 13.0 Å². The number of nitrogens with zero attached hydrogens (tertiary/aromatic N) is 1. The average molecular weight is 267 g/mol. The lowest BCUT2D eigenvalue weighted by Gasteiger charge is -2.26. The van der Waals surface area contributed by atoms with Crippen LogP contribution in [0.15, 0.2) is 18.2 Å². The van der Waals surface area contributed by atoms with Crippen LogP contribution in [0.5, 0.6) is 0 Å². The van der Waals surface area contributed by atoms with Gasteiger partial charge in [0.05, 0.1) is 18.8 Å². The van der Waals surface area contributed by atoms with Gasteiger partial charge in [0.15, 0.2) is 0 Å². The van der Waals surface area contributed by atoms with E-state index in [4.69, 9.17) is 14.6 Å². The molecule has 0 aliphatic carbocycles. The van der Waals surface area contributed by atoms with Crippen molar-refractivity contribution in [2.45, 2.75) is 6.92 Å². The number of rotatable bonds is 8. The summed E-state index contributed by atoms with van der Waals surface area (Å²) in [5.41, 5.74) is 2.26. The van der Waals surface area contributed by atoms with E-state index in [-0.39, 0.29) is 0 Å². The summed E-state index contributed by atoms with van der Waals surface area (Å²) in [5, 5.41) is 8.97. The first-order valence-electron chi connectivity index (χ1n) is 6.17. The van der Waals surface area contributed by atoms with Gasteiger partial charge in [0.2, 0.25) is 0 Å². The van der Waals surface area contributed by atoms with E-state index in [1.54, 1.807) is 26.4 Å². The van der Waals surface area contributed by atoms with Gasteiger partial charge in [-0.15, -0.1) is 0 Å². The molecule has 1 rings (SSSR count). The number of aryl methyl sites for hydroxylation is 1. The van der Waals surface area contributed by atoms with Crippen molar-refractivity contribution in [2.24, 2.45) is 0 Å². The van der Waals surface area contributed by atoms with Crippen molar-refractivity contribution in [2.75, 3.05) is 45.4 Å². The molecular weight excluding hydrogens is 246 g/mol. The van der Waals surface area contributed by atoms with E-state index in [1.165, 1.54) is 0 Å². The molecule has 0 spiro atoms. The molecule has 5 heteroatoms. The standard InChI is InChI=1S/C14H21NO4/c1-11-10-12(14(16)17)4-5-13(11)15(6-8-18-2)7-9-19-3/h4-5,10H,6-9H2,1-3H3,(H,16,17). The highest BCUT2D eigenvalue weighted by Gasteiger charge is 2.11. The van der Waals surface area contributed by atoms with E-state index < -0.39 is 5.97 Å². The summed E-state index contributed by atoms with van der Waals surface area (Å²) < 4.78 is 10.2. The van der Waals surface area contributed by atoms with Gasteiger partial charge in [-0.05, 0) is 30.7 Å². The smallest absolute Gasteiger partial charge is 0.335 e. The second-order valence-corrected chi connectivity index (χ2v) is 4.28. The van der Waals surface area contributed by atoms with Crippen LogP contribution in [0.2, 0.25) is 0 Å². The van der Waals surface area contributed by atoms with Crippen LogP contribution in [0.3, 0.4) is 0 Å². The second-order valence-electron chi connectivity index (χ2n) is 4.28. The van der Waals surface area contributed by atoms with Crippen LogP contribution in [0.1, 0.15) is 15.9 Å². The molecule has 19 heavy (non-hydrogen) atoms. The molecule has 5 nitrogen and oxygen atoms in total. The maximum Gasteiger partial charge on any atom is 0.335 e. The second kappa shape index (κ2) is 7.76. The Kier molecular flexibility index (Phi) is 6.32. The highest BCUT2D eigenvalue weighted by atomic mass is 16.5. The molecule has 0 radical (unpaired) electrons. The molecule has 0 saturated carbocycles. The van der Waals surface area contributed by atoms with Crippen LogP contribution in [0.4, 0.5) is 5.69 Å². The number of carboxylic acids is 1. The summed E-state index contributed by atoms with van der Waals surface area (Å²) in [7, 11) is 3.32. The molecular formula is C14H21NO4. The van der Waals surface area contributed by atoms with Crippen LogP contribution in [0, 0.1) is 6.92 Å². The Bertz CT molecular complexity index is 412. The minimum Gasteiger partial charge on any atom is -0.478 e. The van der Waals surface area contributed by atoms with E-state index >= 15 is 0 Å². The monoisotopic (exact) mass is 267 g/mol. The van der Waals surface area contributed by atoms with Gasteiger partial charge in [-0.25, -0.2) is 4.79 Å². The molecule has 0 amide bonds. The zero-order valence-electron chi connectivity index (χ0n) is 11.7. The van der Waals surface area contributed by atoms with Crippen molar-refractivity contribution >= 4 is 11.7 Å². The molecule has 0 fully saturated rings. The number of carboxylic acid groups (broad SMARTS) is 1. The van der Waals surface area contributed by atoms with Crippen molar-refractivity contribution in [3.05, 3.63) is 29.3 Å². The van der Waals surface area contributed by atoms with Gasteiger partial charge in [-0.3, -0.25) is 0 Å².